The van der Waals surface area contributed by atoms with Crippen LogP contribution < -0.4 is 5.32 Å². The molecule has 0 saturated heterocycles. The minimum absolute atomic E-state index is 0.0719. The number of hydrogen-bond acceptors (Lipinski definition) is 7. The van der Waals surface area contributed by atoms with Crippen molar-refractivity contribution in [2.24, 2.45) is 0 Å². The molecular formula is C44H80NO8P. The minimum Gasteiger partial charge on any atom is -0.463 e. The molecule has 314 valence electrons. The number of hydrogen-bond donors (Lipinski definition) is 3. The van der Waals surface area contributed by atoms with Gasteiger partial charge in [0, 0.05) is 19.4 Å². The summed E-state index contributed by atoms with van der Waals surface area (Å²) in [6.07, 6.45) is 46.0. The second kappa shape index (κ2) is 40.6. The molecule has 10 heteroatoms. The Kier molecular flexibility index (Phi) is 39.1. The first-order chi connectivity index (χ1) is 26.3. The molecule has 0 aromatic heterocycles. The van der Waals surface area contributed by atoms with Crippen LogP contribution in [-0.4, -0.2) is 54.3 Å². The van der Waals surface area contributed by atoms with E-state index >= 15 is 0 Å². The van der Waals surface area contributed by atoms with Crippen LogP contribution in [0.3, 0.4) is 0 Å². The van der Waals surface area contributed by atoms with Gasteiger partial charge in [0.15, 0.2) is 0 Å². The Balaban J connectivity index is 3.64. The zero-order valence-corrected chi connectivity index (χ0v) is 35.3. The number of rotatable bonds is 40. The Morgan fingerprint density at radius 2 is 1.00 bits per heavy atom. The maximum Gasteiger partial charge on any atom is 0.472 e. The molecule has 0 bridgehead atoms. The number of phosphoric acid groups is 1. The Morgan fingerprint density at radius 3 is 1.52 bits per heavy atom. The highest BCUT2D eigenvalue weighted by Gasteiger charge is 2.23. The van der Waals surface area contributed by atoms with Gasteiger partial charge in [0.2, 0.25) is 5.91 Å². The molecule has 0 aliphatic rings. The van der Waals surface area contributed by atoms with E-state index in [9.17, 15) is 24.2 Å². The van der Waals surface area contributed by atoms with Crippen molar-refractivity contribution >= 4 is 19.7 Å². The summed E-state index contributed by atoms with van der Waals surface area (Å²) in [5.74, 6) is -0.539. The van der Waals surface area contributed by atoms with Crippen molar-refractivity contribution in [1.82, 2.24) is 5.32 Å². The van der Waals surface area contributed by atoms with Gasteiger partial charge in [0.05, 0.1) is 13.2 Å². The number of aliphatic hydroxyl groups is 1. The molecule has 0 aliphatic heterocycles. The fraction of sp³-hybridized carbons (Fsp3) is 0.773. The average molecular weight is 782 g/mol. The Morgan fingerprint density at radius 1 is 0.574 bits per heavy atom. The first-order valence-electron chi connectivity index (χ1n) is 21.6. The van der Waals surface area contributed by atoms with Crippen LogP contribution in [0.5, 0.6) is 0 Å². The highest BCUT2D eigenvalue weighted by molar-refractivity contribution is 7.47. The maximum atomic E-state index is 12.1. The number of esters is 1. The van der Waals surface area contributed by atoms with Crippen molar-refractivity contribution < 1.29 is 37.9 Å². The summed E-state index contributed by atoms with van der Waals surface area (Å²) in [5.41, 5.74) is 0. The van der Waals surface area contributed by atoms with E-state index in [0.717, 1.165) is 83.5 Å². The number of carbonyl (C=O) groups excluding carboxylic acids is 2. The van der Waals surface area contributed by atoms with Crippen LogP contribution in [0.4, 0.5) is 0 Å². The van der Waals surface area contributed by atoms with E-state index in [-0.39, 0.29) is 32.1 Å². The highest BCUT2D eigenvalue weighted by Crippen LogP contribution is 2.42. The van der Waals surface area contributed by atoms with Gasteiger partial charge in [0.25, 0.3) is 0 Å². The van der Waals surface area contributed by atoms with Gasteiger partial charge in [-0.15, -0.1) is 0 Å². The van der Waals surface area contributed by atoms with Gasteiger partial charge < -0.3 is 20.1 Å². The topological polar surface area (TPSA) is 131 Å². The van der Waals surface area contributed by atoms with E-state index in [4.69, 9.17) is 13.8 Å². The lowest BCUT2D eigenvalue weighted by Gasteiger charge is -2.15. The van der Waals surface area contributed by atoms with Crippen molar-refractivity contribution in [2.75, 3.05) is 26.4 Å². The van der Waals surface area contributed by atoms with Gasteiger partial charge in [-0.3, -0.25) is 18.6 Å². The number of carbonyl (C=O) groups is 2. The van der Waals surface area contributed by atoms with Crippen LogP contribution in [0.2, 0.25) is 0 Å². The van der Waals surface area contributed by atoms with E-state index in [0.29, 0.717) is 6.42 Å². The molecule has 0 aromatic rings. The Labute approximate surface area is 330 Å². The SMILES string of the molecule is CCCCC/C=C\C/C=C\CCCCCCCCCC(=O)OCC(O)COP(=O)(O)OCCNC(=O)CCCCCCC/C=C\C/C=C\CCCCCC. The summed E-state index contributed by atoms with van der Waals surface area (Å²) < 4.78 is 26.9. The van der Waals surface area contributed by atoms with Crippen molar-refractivity contribution in [3.63, 3.8) is 0 Å². The maximum absolute atomic E-state index is 12.1. The number of phosphoric ester groups is 1. The lowest BCUT2D eigenvalue weighted by atomic mass is 10.1. The van der Waals surface area contributed by atoms with E-state index in [2.05, 4.69) is 67.8 Å². The molecule has 9 nitrogen and oxygen atoms in total. The summed E-state index contributed by atoms with van der Waals surface area (Å²) in [4.78, 5) is 33.9. The number of nitrogens with one attached hydrogen (secondary N) is 1. The van der Waals surface area contributed by atoms with Crippen LogP contribution in [-0.2, 0) is 27.9 Å². The molecule has 0 aromatic carbocycles. The summed E-state index contributed by atoms with van der Waals surface area (Å²) in [5, 5.41) is 12.7. The first-order valence-corrected chi connectivity index (χ1v) is 23.1. The van der Waals surface area contributed by atoms with Gasteiger partial charge in [-0.05, 0) is 77.0 Å². The van der Waals surface area contributed by atoms with Crippen molar-refractivity contribution in [1.29, 1.82) is 0 Å². The third-order valence-electron chi connectivity index (χ3n) is 8.98. The lowest BCUT2D eigenvalue weighted by molar-refractivity contribution is -0.147. The summed E-state index contributed by atoms with van der Waals surface area (Å²) in [7, 11) is -4.42. The first kappa shape index (κ1) is 52.0. The third-order valence-corrected chi connectivity index (χ3v) is 9.97. The summed E-state index contributed by atoms with van der Waals surface area (Å²) in [6, 6.07) is 0. The average Bonchev–Trinajstić information content (AvgIpc) is 3.16. The van der Waals surface area contributed by atoms with E-state index in [1.165, 1.54) is 77.0 Å². The minimum atomic E-state index is -4.42. The monoisotopic (exact) mass is 782 g/mol. The van der Waals surface area contributed by atoms with Crippen LogP contribution in [0, 0.1) is 0 Å². The number of allylic oxidation sites excluding steroid dienone is 8. The molecule has 0 saturated carbocycles. The molecule has 3 N–H and O–H groups in total. The molecule has 0 fully saturated rings. The zero-order chi connectivity index (χ0) is 39.6. The normalized spacial score (nSPS) is 13.8. The molecule has 2 unspecified atom stereocenters. The van der Waals surface area contributed by atoms with Crippen LogP contribution in [0.1, 0.15) is 187 Å². The van der Waals surface area contributed by atoms with Gasteiger partial charge in [-0.2, -0.15) is 0 Å². The van der Waals surface area contributed by atoms with E-state index in [1.54, 1.807) is 0 Å². The number of aliphatic hydroxyl groups excluding tert-OH is 1. The Bertz CT molecular complexity index is 1030. The molecule has 0 rings (SSSR count). The molecule has 54 heavy (non-hydrogen) atoms. The van der Waals surface area contributed by atoms with E-state index < -0.39 is 26.5 Å². The molecular weight excluding hydrogens is 701 g/mol. The molecule has 0 radical (unpaired) electrons. The molecule has 0 spiro atoms. The van der Waals surface area contributed by atoms with Crippen LogP contribution in [0.15, 0.2) is 48.6 Å². The fourth-order valence-electron chi connectivity index (χ4n) is 5.67. The summed E-state index contributed by atoms with van der Waals surface area (Å²) in [6.45, 7) is 3.48. The molecule has 0 aliphatic carbocycles. The fourth-order valence-corrected chi connectivity index (χ4v) is 6.43. The van der Waals surface area contributed by atoms with Crippen molar-refractivity contribution in [2.45, 2.75) is 193 Å². The zero-order valence-electron chi connectivity index (χ0n) is 34.4. The molecule has 2 atom stereocenters. The largest absolute Gasteiger partial charge is 0.472 e. The van der Waals surface area contributed by atoms with Gasteiger partial charge in [-0.25, -0.2) is 4.57 Å². The molecule has 0 heterocycles. The lowest BCUT2D eigenvalue weighted by Crippen LogP contribution is -2.27. The third kappa shape index (κ3) is 41.1. The quantitative estimate of drug-likeness (QED) is 0.0242. The highest BCUT2D eigenvalue weighted by atomic mass is 31.2. The number of amides is 1. The van der Waals surface area contributed by atoms with Gasteiger partial charge in [-0.1, -0.05) is 146 Å². The predicted octanol–water partition coefficient (Wildman–Crippen LogP) is 11.9. The number of unbranched alkanes of at least 4 members (excludes halogenated alkanes) is 19. The number of ether oxygens (including phenoxy) is 1. The van der Waals surface area contributed by atoms with Crippen molar-refractivity contribution in [3.05, 3.63) is 48.6 Å². The summed E-state index contributed by atoms with van der Waals surface area (Å²) >= 11 is 0. The van der Waals surface area contributed by atoms with E-state index in [1.807, 2.05) is 0 Å². The standard InChI is InChI=1S/C44H80NO8P/c1-3-5-7-9-11-13-15-17-19-21-23-25-27-29-31-33-35-37-44(48)51-40-42(46)41-53-54(49,50)52-39-38-45-43(47)36-34-32-30-28-26-24-22-20-18-16-14-12-10-8-6-4-2/h11,13-14,16-17,19-20,22,42,46H,3-10,12,15,18,21,23-41H2,1-2H3,(H,45,47)(H,49,50)/b13-11-,16-14-,19-17-,22-20-. The molecule has 1 amide bonds. The van der Waals surface area contributed by atoms with Crippen molar-refractivity contribution in [3.8, 4) is 0 Å². The smallest absolute Gasteiger partial charge is 0.463 e. The Hall–Kier alpha value is -2.03. The van der Waals surface area contributed by atoms with Crippen LogP contribution >= 0.6 is 7.82 Å². The van der Waals surface area contributed by atoms with Gasteiger partial charge in [0.1, 0.15) is 12.7 Å². The van der Waals surface area contributed by atoms with Crippen LogP contribution in [0.25, 0.3) is 0 Å². The predicted molar refractivity (Wildman–Crippen MR) is 224 cm³/mol. The second-order valence-electron chi connectivity index (χ2n) is 14.3. The second-order valence-corrected chi connectivity index (χ2v) is 15.8. The van der Waals surface area contributed by atoms with Gasteiger partial charge >= 0.3 is 13.8 Å².